The molecule has 1 fully saturated rings. The zero-order valence-corrected chi connectivity index (χ0v) is 5.62. The molecule has 0 heterocycles. The van der Waals surface area contributed by atoms with Gasteiger partial charge in [0.05, 0.1) is 6.07 Å². The van der Waals surface area contributed by atoms with E-state index in [1.54, 1.807) is 0 Å². The van der Waals surface area contributed by atoms with E-state index >= 15 is 0 Å². The zero-order valence-electron chi connectivity index (χ0n) is 4.72. The third-order valence-electron chi connectivity index (χ3n) is 1.75. The monoisotopic (exact) mass is 127 g/mol. The first-order valence-electron chi connectivity index (χ1n) is 2.81. The molecule has 1 aliphatic rings. The van der Waals surface area contributed by atoms with Crippen molar-refractivity contribution in [3.8, 4) is 6.07 Å². The lowest BCUT2D eigenvalue weighted by Gasteiger charge is -2.01. The van der Waals surface area contributed by atoms with Crippen molar-refractivity contribution >= 4 is 12.6 Å². The van der Waals surface area contributed by atoms with Gasteiger partial charge in [0.15, 0.2) is 0 Å². The Kier molecular flexibility index (Phi) is 1.48. The average molecular weight is 127 g/mol. The van der Waals surface area contributed by atoms with E-state index in [1.807, 2.05) is 0 Å². The van der Waals surface area contributed by atoms with Gasteiger partial charge < -0.3 is 0 Å². The van der Waals surface area contributed by atoms with E-state index in [0.29, 0.717) is 11.8 Å². The predicted octanol–water partition coefficient (Wildman–Crippen LogP) is 1.61. The van der Waals surface area contributed by atoms with Crippen molar-refractivity contribution in [2.45, 2.75) is 19.3 Å². The quantitative estimate of drug-likeness (QED) is 0.560. The van der Waals surface area contributed by atoms with Gasteiger partial charge in [-0.3, -0.25) is 0 Å². The summed E-state index contributed by atoms with van der Waals surface area (Å²) in [5.41, 5.74) is 0.345. The fraction of sp³-hybridized carbons (Fsp3) is 0.833. The van der Waals surface area contributed by atoms with Crippen LogP contribution in [0.2, 0.25) is 0 Å². The van der Waals surface area contributed by atoms with Crippen LogP contribution in [0.3, 0.4) is 0 Å². The standard InChI is InChI=1S/C6H9NS/c7-4-3-6(5-8)1-2-6/h8H,1-3,5H2. The molecule has 8 heavy (non-hydrogen) atoms. The van der Waals surface area contributed by atoms with Gasteiger partial charge in [-0.1, -0.05) is 0 Å². The van der Waals surface area contributed by atoms with Crippen molar-refractivity contribution in [3.05, 3.63) is 0 Å². The molecule has 0 aliphatic heterocycles. The highest BCUT2D eigenvalue weighted by Crippen LogP contribution is 2.49. The molecular formula is C6H9NS. The third kappa shape index (κ3) is 0.976. The maximum Gasteiger partial charge on any atom is 0.0627 e. The summed E-state index contributed by atoms with van der Waals surface area (Å²) in [5.74, 6) is 0.889. The summed E-state index contributed by atoms with van der Waals surface area (Å²) in [6.45, 7) is 0. The number of nitriles is 1. The topological polar surface area (TPSA) is 23.8 Å². The molecule has 0 N–H and O–H groups in total. The van der Waals surface area contributed by atoms with Crippen molar-refractivity contribution < 1.29 is 0 Å². The normalized spacial score (nSPS) is 22.0. The minimum absolute atomic E-state index is 0.345. The van der Waals surface area contributed by atoms with Crippen LogP contribution in [-0.4, -0.2) is 5.75 Å². The minimum Gasteiger partial charge on any atom is -0.198 e. The summed E-state index contributed by atoms with van der Waals surface area (Å²) in [6, 6.07) is 2.17. The number of hydrogen-bond acceptors (Lipinski definition) is 2. The minimum atomic E-state index is 0.345. The zero-order chi connectivity index (χ0) is 6.04. The molecule has 1 rings (SSSR count). The van der Waals surface area contributed by atoms with E-state index in [0.717, 1.165) is 5.75 Å². The molecule has 1 saturated carbocycles. The summed E-state index contributed by atoms with van der Waals surface area (Å²) in [7, 11) is 0. The molecule has 0 bridgehead atoms. The van der Waals surface area contributed by atoms with Crippen LogP contribution < -0.4 is 0 Å². The molecule has 0 radical (unpaired) electrons. The van der Waals surface area contributed by atoms with Crippen LogP contribution in [0.15, 0.2) is 0 Å². The first-order chi connectivity index (χ1) is 3.83. The van der Waals surface area contributed by atoms with Crippen molar-refractivity contribution in [2.24, 2.45) is 5.41 Å². The molecule has 2 heteroatoms. The molecule has 0 aromatic rings. The Morgan fingerprint density at radius 3 is 2.38 bits per heavy atom. The van der Waals surface area contributed by atoms with Crippen LogP contribution in [0.25, 0.3) is 0 Å². The summed E-state index contributed by atoms with van der Waals surface area (Å²) < 4.78 is 0. The summed E-state index contributed by atoms with van der Waals surface area (Å²) in [6.07, 6.45) is 3.13. The highest BCUT2D eigenvalue weighted by molar-refractivity contribution is 7.80. The highest BCUT2D eigenvalue weighted by Gasteiger charge is 2.40. The average Bonchev–Trinajstić information content (AvgIpc) is 2.50. The SMILES string of the molecule is N#CCC1(CS)CC1. The molecule has 0 atom stereocenters. The Morgan fingerprint density at radius 1 is 1.62 bits per heavy atom. The van der Waals surface area contributed by atoms with Gasteiger partial charge >= 0.3 is 0 Å². The number of thiol groups is 1. The molecule has 0 aromatic carbocycles. The fourth-order valence-corrected chi connectivity index (χ4v) is 1.16. The van der Waals surface area contributed by atoms with Crippen molar-refractivity contribution in [1.82, 2.24) is 0 Å². The van der Waals surface area contributed by atoms with Gasteiger partial charge in [-0.25, -0.2) is 0 Å². The molecule has 1 nitrogen and oxygen atoms in total. The number of hydrogen-bond donors (Lipinski definition) is 1. The molecule has 0 amide bonds. The van der Waals surface area contributed by atoms with Gasteiger partial charge in [0.1, 0.15) is 0 Å². The van der Waals surface area contributed by atoms with Crippen LogP contribution >= 0.6 is 12.6 Å². The maximum absolute atomic E-state index is 8.29. The molecule has 0 aromatic heterocycles. The second-order valence-electron chi connectivity index (χ2n) is 2.49. The van der Waals surface area contributed by atoms with Gasteiger partial charge in [-0.15, -0.1) is 0 Å². The number of nitrogens with zero attached hydrogens (tertiary/aromatic N) is 1. The largest absolute Gasteiger partial charge is 0.198 e. The molecule has 0 unspecified atom stereocenters. The lowest BCUT2D eigenvalue weighted by atomic mass is 10.1. The summed E-state index contributed by atoms with van der Waals surface area (Å²) in [4.78, 5) is 0. The summed E-state index contributed by atoms with van der Waals surface area (Å²) in [5, 5.41) is 8.29. The third-order valence-corrected chi connectivity index (χ3v) is 2.42. The van der Waals surface area contributed by atoms with E-state index in [4.69, 9.17) is 5.26 Å². The van der Waals surface area contributed by atoms with E-state index in [1.165, 1.54) is 12.8 Å². The van der Waals surface area contributed by atoms with Gasteiger partial charge in [0.25, 0.3) is 0 Å². The lowest BCUT2D eigenvalue weighted by Crippen LogP contribution is -1.98. The predicted molar refractivity (Wildman–Crippen MR) is 35.8 cm³/mol. The second kappa shape index (κ2) is 1.99. The lowest BCUT2D eigenvalue weighted by molar-refractivity contribution is 0.606. The van der Waals surface area contributed by atoms with Crippen LogP contribution in [-0.2, 0) is 0 Å². The van der Waals surface area contributed by atoms with E-state index in [2.05, 4.69) is 18.7 Å². The molecule has 1 aliphatic carbocycles. The van der Waals surface area contributed by atoms with Crippen LogP contribution in [0.5, 0.6) is 0 Å². The first kappa shape index (κ1) is 5.97. The van der Waals surface area contributed by atoms with Crippen molar-refractivity contribution in [3.63, 3.8) is 0 Å². The second-order valence-corrected chi connectivity index (χ2v) is 2.81. The highest BCUT2D eigenvalue weighted by atomic mass is 32.1. The molecular weight excluding hydrogens is 118 g/mol. The van der Waals surface area contributed by atoms with Crippen molar-refractivity contribution in [2.75, 3.05) is 5.75 Å². The van der Waals surface area contributed by atoms with Crippen LogP contribution in [0.1, 0.15) is 19.3 Å². The fourth-order valence-electron chi connectivity index (χ4n) is 0.735. The Morgan fingerprint density at radius 2 is 2.25 bits per heavy atom. The Bertz CT molecular complexity index is 121. The van der Waals surface area contributed by atoms with Crippen LogP contribution in [0.4, 0.5) is 0 Å². The molecule has 0 saturated heterocycles. The van der Waals surface area contributed by atoms with Gasteiger partial charge in [-0.2, -0.15) is 17.9 Å². The Hall–Kier alpha value is -0.160. The van der Waals surface area contributed by atoms with Gasteiger partial charge in [-0.05, 0) is 24.0 Å². The smallest absolute Gasteiger partial charge is 0.0627 e. The van der Waals surface area contributed by atoms with Crippen molar-refractivity contribution in [1.29, 1.82) is 5.26 Å². The Balaban J connectivity index is 2.33. The van der Waals surface area contributed by atoms with Gasteiger partial charge in [0, 0.05) is 6.42 Å². The van der Waals surface area contributed by atoms with Crippen LogP contribution in [0, 0.1) is 16.7 Å². The summed E-state index contributed by atoms with van der Waals surface area (Å²) >= 11 is 4.15. The maximum atomic E-state index is 8.29. The molecule has 44 valence electrons. The van der Waals surface area contributed by atoms with E-state index in [-0.39, 0.29) is 0 Å². The number of rotatable bonds is 2. The van der Waals surface area contributed by atoms with Gasteiger partial charge in [0.2, 0.25) is 0 Å². The Labute approximate surface area is 55.1 Å². The first-order valence-corrected chi connectivity index (χ1v) is 3.44. The molecule has 0 spiro atoms. The van der Waals surface area contributed by atoms with E-state index < -0.39 is 0 Å². The van der Waals surface area contributed by atoms with E-state index in [9.17, 15) is 0 Å².